The molecule has 3 rings (SSSR count). The number of aryl methyl sites for hydroxylation is 1. The molecule has 19 heavy (non-hydrogen) atoms. The van der Waals surface area contributed by atoms with E-state index in [0.29, 0.717) is 27.4 Å². The Morgan fingerprint density at radius 2 is 2.11 bits per heavy atom. The molecule has 1 aromatic carbocycles. The predicted molar refractivity (Wildman–Crippen MR) is 77.5 cm³/mol. The van der Waals surface area contributed by atoms with Gasteiger partial charge >= 0.3 is 0 Å². The van der Waals surface area contributed by atoms with Crippen molar-refractivity contribution < 1.29 is 4.42 Å². The molecule has 96 valence electrons. The Hall–Kier alpha value is -2.14. The number of nitrogens with two attached hydrogens (primary N) is 1. The van der Waals surface area contributed by atoms with Gasteiger partial charge < -0.3 is 10.2 Å². The molecule has 0 radical (unpaired) electrons. The molecule has 0 fully saturated rings. The summed E-state index contributed by atoms with van der Waals surface area (Å²) in [6, 6.07) is 5.49. The van der Waals surface area contributed by atoms with Crippen molar-refractivity contribution in [2.45, 2.75) is 13.8 Å². The van der Waals surface area contributed by atoms with Gasteiger partial charge in [0.15, 0.2) is 10.6 Å². The third kappa shape index (κ3) is 1.92. The van der Waals surface area contributed by atoms with Gasteiger partial charge in [-0.2, -0.15) is 0 Å². The van der Waals surface area contributed by atoms with Gasteiger partial charge in [-0.05, 0) is 32.0 Å². The van der Waals surface area contributed by atoms with Crippen molar-refractivity contribution in [2.75, 3.05) is 5.73 Å². The maximum absolute atomic E-state index is 12.2. The summed E-state index contributed by atoms with van der Waals surface area (Å²) < 4.78 is 5.63. The van der Waals surface area contributed by atoms with Crippen LogP contribution in [0.4, 0.5) is 5.13 Å². The fourth-order valence-corrected chi connectivity index (χ4v) is 2.55. The minimum absolute atomic E-state index is 0.00352. The van der Waals surface area contributed by atoms with Gasteiger partial charge in [-0.3, -0.25) is 4.79 Å². The molecule has 0 aliphatic heterocycles. The molecular formula is C14H12N2O2S. The highest BCUT2D eigenvalue weighted by molar-refractivity contribution is 7.13. The van der Waals surface area contributed by atoms with Crippen molar-refractivity contribution >= 4 is 27.4 Å². The van der Waals surface area contributed by atoms with Crippen molar-refractivity contribution in [3.05, 3.63) is 45.1 Å². The number of thiazole rings is 1. The fourth-order valence-electron chi connectivity index (χ4n) is 1.98. The largest absolute Gasteiger partial charge is 0.461 e. The Kier molecular flexibility index (Phi) is 2.64. The molecule has 0 bridgehead atoms. The molecule has 0 saturated heterocycles. The zero-order chi connectivity index (χ0) is 13.6. The van der Waals surface area contributed by atoms with Gasteiger partial charge in [0.25, 0.3) is 0 Å². The lowest BCUT2D eigenvalue weighted by Gasteiger charge is -2.04. The molecule has 0 aliphatic carbocycles. The molecule has 0 amide bonds. The summed E-state index contributed by atoms with van der Waals surface area (Å²) in [6.45, 7) is 3.57. The van der Waals surface area contributed by atoms with Crippen molar-refractivity contribution in [2.24, 2.45) is 0 Å². The topological polar surface area (TPSA) is 69.1 Å². The van der Waals surface area contributed by atoms with Crippen LogP contribution < -0.4 is 11.2 Å². The second-order valence-electron chi connectivity index (χ2n) is 4.39. The summed E-state index contributed by atoms with van der Waals surface area (Å²) in [5.74, 6) is 0.656. The van der Waals surface area contributed by atoms with E-state index in [1.54, 1.807) is 19.9 Å². The van der Waals surface area contributed by atoms with Gasteiger partial charge in [-0.15, -0.1) is 11.3 Å². The quantitative estimate of drug-likeness (QED) is 0.739. The van der Waals surface area contributed by atoms with Crippen LogP contribution in [0, 0.1) is 13.8 Å². The van der Waals surface area contributed by atoms with Crippen LogP contribution in [-0.4, -0.2) is 4.98 Å². The molecular weight excluding hydrogens is 260 g/mol. The minimum Gasteiger partial charge on any atom is -0.461 e. The van der Waals surface area contributed by atoms with Crippen LogP contribution in [0.25, 0.3) is 22.2 Å². The van der Waals surface area contributed by atoms with Gasteiger partial charge in [0, 0.05) is 16.5 Å². The second-order valence-corrected chi connectivity index (χ2v) is 5.28. The van der Waals surface area contributed by atoms with Crippen LogP contribution in [0.2, 0.25) is 0 Å². The standard InChI is InChI=1S/C14H12N2O2S/c1-7-8(2)18-12-4-3-9(5-10(12)13(7)17)11-6-19-14(15)16-11/h3-6H,1-2H3,(H2,15,16). The summed E-state index contributed by atoms with van der Waals surface area (Å²) in [7, 11) is 0. The van der Waals surface area contributed by atoms with Crippen LogP contribution in [0.15, 0.2) is 32.8 Å². The van der Waals surface area contributed by atoms with E-state index in [1.165, 1.54) is 11.3 Å². The van der Waals surface area contributed by atoms with E-state index in [0.717, 1.165) is 11.3 Å². The fraction of sp³-hybridized carbons (Fsp3) is 0.143. The number of nitrogens with zero attached hydrogens (tertiary/aromatic N) is 1. The first kappa shape index (κ1) is 11.9. The highest BCUT2D eigenvalue weighted by atomic mass is 32.1. The van der Waals surface area contributed by atoms with E-state index in [4.69, 9.17) is 10.2 Å². The number of hydrogen-bond donors (Lipinski definition) is 1. The number of anilines is 1. The van der Waals surface area contributed by atoms with E-state index in [9.17, 15) is 4.79 Å². The molecule has 2 aromatic heterocycles. The molecule has 2 N–H and O–H groups in total. The number of hydrogen-bond acceptors (Lipinski definition) is 5. The van der Waals surface area contributed by atoms with Crippen LogP contribution in [0.1, 0.15) is 11.3 Å². The van der Waals surface area contributed by atoms with E-state index < -0.39 is 0 Å². The normalized spacial score (nSPS) is 11.1. The molecule has 0 spiro atoms. The van der Waals surface area contributed by atoms with Gasteiger partial charge in [-0.1, -0.05) is 0 Å². The summed E-state index contributed by atoms with van der Waals surface area (Å²) in [5.41, 5.74) is 8.52. The summed E-state index contributed by atoms with van der Waals surface area (Å²) in [6.07, 6.45) is 0. The monoisotopic (exact) mass is 272 g/mol. The zero-order valence-electron chi connectivity index (χ0n) is 10.6. The van der Waals surface area contributed by atoms with E-state index >= 15 is 0 Å². The molecule has 3 aromatic rings. The number of fused-ring (bicyclic) bond motifs is 1. The van der Waals surface area contributed by atoms with Crippen molar-refractivity contribution in [3.8, 4) is 11.3 Å². The van der Waals surface area contributed by atoms with Crippen molar-refractivity contribution in [1.29, 1.82) is 0 Å². The highest BCUT2D eigenvalue weighted by Gasteiger charge is 2.10. The number of rotatable bonds is 1. The number of nitrogen functional groups attached to an aromatic ring is 1. The lowest BCUT2D eigenvalue weighted by atomic mass is 10.1. The van der Waals surface area contributed by atoms with Gasteiger partial charge in [0.05, 0.1) is 11.1 Å². The zero-order valence-corrected chi connectivity index (χ0v) is 11.4. The minimum atomic E-state index is 0.00352. The number of benzene rings is 1. The van der Waals surface area contributed by atoms with Crippen molar-refractivity contribution in [1.82, 2.24) is 4.98 Å². The lowest BCUT2D eigenvalue weighted by Crippen LogP contribution is -2.07. The maximum atomic E-state index is 12.2. The van der Waals surface area contributed by atoms with E-state index in [1.807, 2.05) is 17.5 Å². The van der Waals surface area contributed by atoms with Gasteiger partial charge in [-0.25, -0.2) is 4.98 Å². The first-order valence-corrected chi connectivity index (χ1v) is 6.69. The molecule has 4 nitrogen and oxygen atoms in total. The van der Waals surface area contributed by atoms with Crippen LogP contribution in [0.5, 0.6) is 0 Å². The average Bonchev–Trinajstić information content (AvgIpc) is 2.83. The smallest absolute Gasteiger partial charge is 0.195 e. The molecule has 0 aliphatic rings. The van der Waals surface area contributed by atoms with Crippen molar-refractivity contribution in [3.63, 3.8) is 0 Å². The first-order chi connectivity index (χ1) is 9.06. The van der Waals surface area contributed by atoms with Gasteiger partial charge in [0.2, 0.25) is 0 Å². The average molecular weight is 272 g/mol. The third-order valence-electron chi connectivity index (χ3n) is 3.17. The lowest BCUT2D eigenvalue weighted by molar-refractivity contribution is 0.559. The van der Waals surface area contributed by atoms with Crippen LogP contribution in [0.3, 0.4) is 0 Å². The Morgan fingerprint density at radius 3 is 2.79 bits per heavy atom. The Balaban J connectivity index is 2.29. The van der Waals surface area contributed by atoms with E-state index in [-0.39, 0.29) is 5.43 Å². The SMILES string of the molecule is Cc1oc2ccc(-c3csc(N)n3)cc2c(=O)c1C. The Bertz CT molecular complexity index is 833. The summed E-state index contributed by atoms with van der Waals surface area (Å²) in [5, 5.41) is 2.97. The van der Waals surface area contributed by atoms with Crippen LogP contribution >= 0.6 is 11.3 Å². The summed E-state index contributed by atoms with van der Waals surface area (Å²) in [4.78, 5) is 16.5. The molecule has 0 unspecified atom stereocenters. The molecule has 0 saturated carbocycles. The predicted octanol–water partition coefficient (Wildman–Crippen LogP) is 3.12. The molecule has 2 heterocycles. The second kappa shape index (κ2) is 4.20. The van der Waals surface area contributed by atoms with Gasteiger partial charge in [0.1, 0.15) is 11.3 Å². The molecule has 5 heteroatoms. The third-order valence-corrected chi connectivity index (χ3v) is 3.85. The van der Waals surface area contributed by atoms with E-state index in [2.05, 4.69) is 4.98 Å². The molecule has 0 atom stereocenters. The Morgan fingerprint density at radius 1 is 1.32 bits per heavy atom. The summed E-state index contributed by atoms with van der Waals surface area (Å²) >= 11 is 1.38. The Labute approximate surface area is 113 Å². The maximum Gasteiger partial charge on any atom is 0.195 e. The highest BCUT2D eigenvalue weighted by Crippen LogP contribution is 2.26. The number of aromatic nitrogens is 1. The first-order valence-electron chi connectivity index (χ1n) is 5.81. The van der Waals surface area contributed by atoms with Crippen LogP contribution in [-0.2, 0) is 0 Å².